The van der Waals surface area contributed by atoms with Crippen LogP contribution in [0.15, 0.2) is 16.6 Å². The number of hydrogen-bond donors (Lipinski definition) is 1. The van der Waals surface area contributed by atoms with E-state index in [9.17, 15) is 5.11 Å². The average molecular weight is 298 g/mol. The highest BCUT2D eigenvalue weighted by Crippen LogP contribution is 2.31. The second kappa shape index (κ2) is 4.84. The molecule has 1 nitrogen and oxygen atoms in total. The largest absolute Gasteiger partial charge is 0.386 e. The highest BCUT2D eigenvalue weighted by atomic mass is 79.9. The van der Waals surface area contributed by atoms with Crippen LogP contribution in [-0.4, -0.2) is 9.94 Å². The van der Waals surface area contributed by atoms with Crippen molar-refractivity contribution >= 4 is 39.1 Å². The predicted molar refractivity (Wildman–Crippen MR) is 64.1 cm³/mol. The SMILES string of the molecule is Cc1cc(Br)cc(C)c1C(O)C(Cl)Cl. The van der Waals surface area contributed by atoms with Crippen LogP contribution in [0.25, 0.3) is 0 Å². The van der Waals surface area contributed by atoms with Gasteiger partial charge in [0.15, 0.2) is 0 Å². The van der Waals surface area contributed by atoms with Crippen molar-refractivity contribution in [2.75, 3.05) is 0 Å². The lowest BCUT2D eigenvalue weighted by Gasteiger charge is -2.17. The Balaban J connectivity index is 3.20. The maximum absolute atomic E-state index is 9.77. The van der Waals surface area contributed by atoms with E-state index in [2.05, 4.69) is 15.9 Å². The number of benzene rings is 1. The molecular weight excluding hydrogens is 287 g/mol. The number of aliphatic hydroxyl groups is 1. The van der Waals surface area contributed by atoms with Crippen molar-refractivity contribution in [1.29, 1.82) is 0 Å². The zero-order valence-corrected chi connectivity index (χ0v) is 11.0. The Bertz CT molecular complexity index is 316. The molecule has 0 fully saturated rings. The first-order chi connectivity index (χ1) is 6.43. The maximum Gasteiger partial charge on any atom is 0.137 e. The van der Waals surface area contributed by atoms with Crippen molar-refractivity contribution in [1.82, 2.24) is 0 Å². The summed E-state index contributed by atoms with van der Waals surface area (Å²) in [5.41, 5.74) is 2.77. The van der Waals surface area contributed by atoms with E-state index in [4.69, 9.17) is 23.2 Å². The molecule has 1 rings (SSSR count). The van der Waals surface area contributed by atoms with Crippen molar-refractivity contribution in [2.24, 2.45) is 0 Å². The first kappa shape index (κ1) is 12.3. The van der Waals surface area contributed by atoms with Crippen LogP contribution in [0.2, 0.25) is 0 Å². The zero-order chi connectivity index (χ0) is 10.9. The summed E-state index contributed by atoms with van der Waals surface area (Å²) in [4.78, 5) is -0.798. The van der Waals surface area contributed by atoms with Crippen molar-refractivity contribution in [2.45, 2.75) is 24.8 Å². The summed E-state index contributed by atoms with van der Waals surface area (Å²) in [5, 5.41) is 9.77. The summed E-state index contributed by atoms with van der Waals surface area (Å²) in [6, 6.07) is 3.86. The van der Waals surface area contributed by atoms with Crippen molar-refractivity contribution in [3.8, 4) is 0 Å². The van der Waals surface area contributed by atoms with Crippen LogP contribution in [0.1, 0.15) is 22.8 Å². The van der Waals surface area contributed by atoms with E-state index in [0.717, 1.165) is 21.2 Å². The second-order valence-corrected chi connectivity index (χ2v) is 5.31. The smallest absolute Gasteiger partial charge is 0.137 e. The molecule has 0 aromatic heterocycles. The van der Waals surface area contributed by atoms with Gasteiger partial charge in [0.1, 0.15) is 10.9 Å². The van der Waals surface area contributed by atoms with Crippen molar-refractivity contribution in [3.63, 3.8) is 0 Å². The van der Waals surface area contributed by atoms with Gasteiger partial charge in [0, 0.05) is 4.47 Å². The minimum atomic E-state index is -0.827. The van der Waals surface area contributed by atoms with Crippen LogP contribution in [0.5, 0.6) is 0 Å². The molecule has 1 N–H and O–H groups in total. The van der Waals surface area contributed by atoms with Gasteiger partial charge in [-0.25, -0.2) is 0 Å². The van der Waals surface area contributed by atoms with E-state index >= 15 is 0 Å². The third-order valence-electron chi connectivity index (χ3n) is 2.09. The molecule has 4 heteroatoms. The summed E-state index contributed by atoms with van der Waals surface area (Å²) in [7, 11) is 0. The molecule has 78 valence electrons. The molecule has 0 amide bonds. The first-order valence-electron chi connectivity index (χ1n) is 4.16. The van der Waals surface area contributed by atoms with E-state index in [1.807, 2.05) is 26.0 Å². The number of halogens is 3. The third-order valence-corrected chi connectivity index (χ3v) is 3.03. The quantitative estimate of drug-likeness (QED) is 0.821. The molecule has 0 aliphatic heterocycles. The number of aryl methyl sites for hydroxylation is 2. The zero-order valence-electron chi connectivity index (χ0n) is 7.89. The van der Waals surface area contributed by atoms with Crippen molar-refractivity contribution < 1.29 is 5.11 Å². The summed E-state index contributed by atoms with van der Waals surface area (Å²) < 4.78 is 0.990. The molecule has 0 spiro atoms. The van der Waals surface area contributed by atoms with E-state index in [-0.39, 0.29) is 0 Å². The number of hydrogen-bond acceptors (Lipinski definition) is 1. The molecule has 1 aromatic rings. The number of rotatable bonds is 2. The third kappa shape index (κ3) is 2.63. The Morgan fingerprint density at radius 2 is 1.64 bits per heavy atom. The van der Waals surface area contributed by atoms with Gasteiger partial charge in [-0.3, -0.25) is 0 Å². The molecule has 0 saturated heterocycles. The van der Waals surface area contributed by atoms with Gasteiger partial charge in [-0.1, -0.05) is 15.9 Å². The van der Waals surface area contributed by atoms with Crippen LogP contribution < -0.4 is 0 Å². The maximum atomic E-state index is 9.77. The van der Waals surface area contributed by atoms with Crippen molar-refractivity contribution in [3.05, 3.63) is 33.3 Å². The number of aliphatic hydroxyl groups excluding tert-OH is 1. The van der Waals surface area contributed by atoms with Crippen LogP contribution in [0.3, 0.4) is 0 Å². The minimum Gasteiger partial charge on any atom is -0.386 e. The Hall–Kier alpha value is 0.240. The molecule has 0 bridgehead atoms. The van der Waals surface area contributed by atoms with Gasteiger partial charge in [0.25, 0.3) is 0 Å². The van der Waals surface area contributed by atoms with Gasteiger partial charge >= 0.3 is 0 Å². The Morgan fingerprint density at radius 1 is 1.21 bits per heavy atom. The second-order valence-electron chi connectivity index (χ2n) is 3.23. The van der Waals surface area contributed by atoms with Crippen LogP contribution in [0, 0.1) is 13.8 Å². The molecular formula is C10H11BrCl2O. The summed E-state index contributed by atoms with van der Waals surface area (Å²) in [5.74, 6) is 0. The van der Waals surface area contributed by atoms with E-state index in [0.29, 0.717) is 0 Å². The molecule has 0 heterocycles. The number of alkyl halides is 2. The average Bonchev–Trinajstić information content (AvgIpc) is 2.01. The van der Waals surface area contributed by atoms with Gasteiger partial charge in [-0.2, -0.15) is 0 Å². The van der Waals surface area contributed by atoms with Crippen LogP contribution in [-0.2, 0) is 0 Å². The highest BCUT2D eigenvalue weighted by molar-refractivity contribution is 9.10. The topological polar surface area (TPSA) is 20.2 Å². The minimum absolute atomic E-state index is 0.798. The van der Waals surface area contributed by atoms with E-state index in [1.165, 1.54) is 0 Å². The summed E-state index contributed by atoms with van der Waals surface area (Å²) in [6.45, 7) is 3.85. The fourth-order valence-corrected chi connectivity index (χ4v) is 2.45. The summed E-state index contributed by atoms with van der Waals surface area (Å²) in [6.07, 6.45) is -0.827. The van der Waals surface area contributed by atoms with Crippen LogP contribution >= 0.6 is 39.1 Å². The first-order valence-corrected chi connectivity index (χ1v) is 5.83. The van der Waals surface area contributed by atoms with Gasteiger partial charge in [0.05, 0.1) is 0 Å². The fraction of sp³-hybridized carbons (Fsp3) is 0.400. The Kier molecular flexibility index (Phi) is 4.26. The lowest BCUT2D eigenvalue weighted by atomic mass is 9.99. The highest BCUT2D eigenvalue weighted by Gasteiger charge is 2.19. The Morgan fingerprint density at radius 3 is 2.00 bits per heavy atom. The molecule has 0 radical (unpaired) electrons. The lowest BCUT2D eigenvalue weighted by Crippen LogP contribution is -2.09. The molecule has 0 aliphatic rings. The molecule has 0 saturated carbocycles. The molecule has 14 heavy (non-hydrogen) atoms. The lowest BCUT2D eigenvalue weighted by molar-refractivity contribution is 0.191. The van der Waals surface area contributed by atoms with Gasteiger partial charge in [-0.15, -0.1) is 23.2 Å². The Labute approximate surface area is 102 Å². The molecule has 1 atom stereocenters. The van der Waals surface area contributed by atoms with Gasteiger partial charge in [-0.05, 0) is 42.7 Å². The van der Waals surface area contributed by atoms with Gasteiger partial charge < -0.3 is 5.11 Å². The molecule has 1 unspecified atom stereocenters. The fourth-order valence-electron chi connectivity index (χ4n) is 1.51. The van der Waals surface area contributed by atoms with Crippen LogP contribution in [0.4, 0.5) is 0 Å². The molecule has 1 aromatic carbocycles. The standard InChI is InChI=1S/C10H11BrCl2O/c1-5-3-7(11)4-6(2)8(5)9(14)10(12)13/h3-4,9-10,14H,1-2H3. The van der Waals surface area contributed by atoms with E-state index in [1.54, 1.807) is 0 Å². The molecule has 0 aliphatic carbocycles. The van der Waals surface area contributed by atoms with E-state index < -0.39 is 10.9 Å². The predicted octanol–water partition coefficient (Wildman–Crippen LogP) is 3.90. The monoisotopic (exact) mass is 296 g/mol. The summed E-state index contributed by atoms with van der Waals surface area (Å²) >= 11 is 14.7. The van der Waals surface area contributed by atoms with Gasteiger partial charge in [0.2, 0.25) is 0 Å². The normalized spacial score (nSPS) is 13.4.